The molecule has 4 heteroatoms. The van der Waals surface area contributed by atoms with Crippen molar-refractivity contribution in [2.45, 2.75) is 27.7 Å². The van der Waals surface area contributed by atoms with Crippen molar-refractivity contribution in [3.8, 4) is 0 Å². The molecule has 2 aromatic carbocycles. The molecular formula is C24H34N4. The number of aliphatic imine (C=N–C) groups is 2. The molecule has 0 amide bonds. The second kappa shape index (κ2) is 12.0. The number of rotatable bonds is 11. The molecule has 2 aromatic rings. The number of benzene rings is 2. The molecule has 0 aliphatic carbocycles. The predicted molar refractivity (Wildman–Crippen MR) is 125 cm³/mol. The van der Waals surface area contributed by atoms with Crippen LogP contribution in [0.1, 0.15) is 38.8 Å². The van der Waals surface area contributed by atoms with E-state index in [2.05, 4.69) is 96.0 Å². The van der Waals surface area contributed by atoms with Gasteiger partial charge < -0.3 is 9.80 Å². The molecule has 0 N–H and O–H groups in total. The summed E-state index contributed by atoms with van der Waals surface area (Å²) in [5, 5.41) is 0. The largest absolute Gasteiger partial charge is 0.372 e. The van der Waals surface area contributed by atoms with Crippen molar-refractivity contribution in [1.29, 1.82) is 0 Å². The van der Waals surface area contributed by atoms with Crippen LogP contribution in [0, 0.1) is 0 Å². The van der Waals surface area contributed by atoms with Crippen LogP contribution in [0.15, 0.2) is 58.5 Å². The second-order valence-corrected chi connectivity index (χ2v) is 6.60. The van der Waals surface area contributed by atoms with E-state index in [0.717, 1.165) is 37.3 Å². The van der Waals surface area contributed by atoms with Crippen molar-refractivity contribution >= 4 is 23.8 Å². The normalized spacial score (nSPS) is 11.4. The monoisotopic (exact) mass is 378 g/mol. The zero-order chi connectivity index (χ0) is 20.2. The molecule has 0 atom stereocenters. The SMILES string of the molecule is CCN(CC)c1ccc(C=NCCN=Cc2ccc(N(CC)CC)cc2)cc1. The van der Waals surface area contributed by atoms with Crippen LogP contribution in [0.4, 0.5) is 11.4 Å². The van der Waals surface area contributed by atoms with Gasteiger partial charge in [0.05, 0.1) is 13.1 Å². The van der Waals surface area contributed by atoms with Crippen molar-refractivity contribution in [2.24, 2.45) is 9.98 Å². The van der Waals surface area contributed by atoms with Gasteiger partial charge >= 0.3 is 0 Å². The minimum Gasteiger partial charge on any atom is -0.372 e. The Balaban J connectivity index is 1.78. The molecule has 0 aliphatic rings. The van der Waals surface area contributed by atoms with E-state index in [1.54, 1.807) is 0 Å². The van der Waals surface area contributed by atoms with Gasteiger partial charge in [-0.05, 0) is 63.1 Å². The van der Waals surface area contributed by atoms with Gasteiger partial charge in [0.1, 0.15) is 0 Å². The molecule has 0 spiro atoms. The number of hydrogen-bond acceptors (Lipinski definition) is 4. The first-order chi connectivity index (χ1) is 13.7. The first-order valence-electron chi connectivity index (χ1n) is 10.4. The molecule has 0 fully saturated rings. The zero-order valence-corrected chi connectivity index (χ0v) is 17.8. The molecule has 28 heavy (non-hydrogen) atoms. The minimum atomic E-state index is 0.700. The van der Waals surface area contributed by atoms with Crippen molar-refractivity contribution in [1.82, 2.24) is 0 Å². The number of nitrogens with zero attached hydrogens (tertiary/aromatic N) is 4. The highest BCUT2D eigenvalue weighted by atomic mass is 15.1. The van der Waals surface area contributed by atoms with Crippen molar-refractivity contribution in [3.05, 3.63) is 59.7 Å². The van der Waals surface area contributed by atoms with Gasteiger partial charge in [-0.1, -0.05) is 24.3 Å². The summed E-state index contributed by atoms with van der Waals surface area (Å²) < 4.78 is 0. The van der Waals surface area contributed by atoms with Crippen LogP contribution in [-0.2, 0) is 0 Å². The third kappa shape index (κ3) is 6.52. The van der Waals surface area contributed by atoms with Crippen LogP contribution in [0.2, 0.25) is 0 Å². The van der Waals surface area contributed by atoms with Gasteiger partial charge in [0, 0.05) is 50.0 Å². The molecule has 4 nitrogen and oxygen atoms in total. The lowest BCUT2D eigenvalue weighted by Crippen LogP contribution is -2.21. The summed E-state index contributed by atoms with van der Waals surface area (Å²) >= 11 is 0. The van der Waals surface area contributed by atoms with Crippen LogP contribution in [0.5, 0.6) is 0 Å². The third-order valence-corrected chi connectivity index (χ3v) is 4.88. The average molecular weight is 379 g/mol. The molecule has 0 saturated heterocycles. The lowest BCUT2D eigenvalue weighted by Gasteiger charge is -2.20. The Kier molecular flexibility index (Phi) is 9.26. The second-order valence-electron chi connectivity index (χ2n) is 6.60. The molecule has 0 heterocycles. The molecule has 2 rings (SSSR count). The van der Waals surface area contributed by atoms with Gasteiger partial charge in [0.25, 0.3) is 0 Å². The van der Waals surface area contributed by atoms with E-state index in [0.29, 0.717) is 13.1 Å². The van der Waals surface area contributed by atoms with E-state index >= 15 is 0 Å². The maximum absolute atomic E-state index is 4.49. The zero-order valence-electron chi connectivity index (χ0n) is 17.8. The molecular weight excluding hydrogens is 344 g/mol. The Morgan fingerprint density at radius 3 is 1.18 bits per heavy atom. The smallest absolute Gasteiger partial charge is 0.0585 e. The first kappa shape index (κ1) is 21.7. The highest BCUT2D eigenvalue weighted by Crippen LogP contribution is 2.15. The van der Waals surface area contributed by atoms with Gasteiger partial charge in [0.15, 0.2) is 0 Å². The lowest BCUT2D eigenvalue weighted by molar-refractivity contribution is 0.866. The maximum Gasteiger partial charge on any atom is 0.0585 e. The van der Waals surface area contributed by atoms with E-state index < -0.39 is 0 Å². The van der Waals surface area contributed by atoms with Crippen LogP contribution < -0.4 is 9.80 Å². The highest BCUT2D eigenvalue weighted by molar-refractivity contribution is 5.81. The quantitative estimate of drug-likeness (QED) is 0.411. The molecule has 0 radical (unpaired) electrons. The summed E-state index contributed by atoms with van der Waals surface area (Å²) in [6.45, 7) is 14.2. The van der Waals surface area contributed by atoms with Gasteiger partial charge in [-0.15, -0.1) is 0 Å². The summed E-state index contributed by atoms with van der Waals surface area (Å²) in [6, 6.07) is 17.1. The molecule has 0 aromatic heterocycles. The Morgan fingerprint density at radius 2 is 0.893 bits per heavy atom. The average Bonchev–Trinajstić information content (AvgIpc) is 2.74. The molecule has 150 valence electrons. The van der Waals surface area contributed by atoms with Crippen molar-refractivity contribution < 1.29 is 0 Å². The first-order valence-corrected chi connectivity index (χ1v) is 10.4. The topological polar surface area (TPSA) is 31.2 Å². The van der Waals surface area contributed by atoms with E-state index in [9.17, 15) is 0 Å². The van der Waals surface area contributed by atoms with E-state index in [1.165, 1.54) is 11.4 Å². The molecule has 0 saturated carbocycles. The third-order valence-electron chi connectivity index (χ3n) is 4.88. The Hall–Kier alpha value is -2.62. The molecule has 0 aliphatic heterocycles. The van der Waals surface area contributed by atoms with Crippen molar-refractivity contribution in [3.63, 3.8) is 0 Å². The standard InChI is InChI=1S/C24H34N4/c1-5-27(6-2)23-13-9-21(10-14-23)19-25-17-18-26-20-22-11-15-24(16-12-22)28(7-3)8-4/h9-16,19-20H,5-8,17-18H2,1-4H3. The Labute approximate surface area is 170 Å². The van der Waals surface area contributed by atoms with E-state index in [1.807, 2.05) is 12.4 Å². The van der Waals surface area contributed by atoms with Gasteiger partial charge in [0.2, 0.25) is 0 Å². The lowest BCUT2D eigenvalue weighted by atomic mass is 10.2. The summed E-state index contributed by atoms with van der Waals surface area (Å²) in [4.78, 5) is 13.7. The van der Waals surface area contributed by atoms with E-state index in [4.69, 9.17) is 0 Å². The molecule has 0 bridgehead atoms. The highest BCUT2D eigenvalue weighted by Gasteiger charge is 2.01. The fraction of sp³-hybridized carbons (Fsp3) is 0.417. The minimum absolute atomic E-state index is 0.700. The van der Waals surface area contributed by atoms with Crippen LogP contribution in [0.3, 0.4) is 0 Å². The molecule has 0 unspecified atom stereocenters. The maximum atomic E-state index is 4.49. The van der Waals surface area contributed by atoms with Crippen LogP contribution >= 0.6 is 0 Å². The van der Waals surface area contributed by atoms with Crippen LogP contribution in [0.25, 0.3) is 0 Å². The van der Waals surface area contributed by atoms with E-state index in [-0.39, 0.29) is 0 Å². The Bertz CT molecular complexity index is 659. The van der Waals surface area contributed by atoms with Crippen LogP contribution in [-0.4, -0.2) is 51.7 Å². The summed E-state index contributed by atoms with van der Waals surface area (Å²) in [5.41, 5.74) is 4.79. The number of hydrogen-bond donors (Lipinski definition) is 0. The summed E-state index contributed by atoms with van der Waals surface area (Å²) in [6.07, 6.45) is 3.86. The summed E-state index contributed by atoms with van der Waals surface area (Å²) in [7, 11) is 0. The summed E-state index contributed by atoms with van der Waals surface area (Å²) in [5.74, 6) is 0. The van der Waals surface area contributed by atoms with Gasteiger partial charge in [-0.2, -0.15) is 0 Å². The van der Waals surface area contributed by atoms with Gasteiger partial charge in [-0.25, -0.2) is 0 Å². The van der Waals surface area contributed by atoms with Gasteiger partial charge in [-0.3, -0.25) is 9.98 Å². The Morgan fingerprint density at radius 1 is 0.571 bits per heavy atom. The number of anilines is 2. The van der Waals surface area contributed by atoms with Crippen molar-refractivity contribution in [2.75, 3.05) is 49.1 Å². The predicted octanol–water partition coefficient (Wildman–Crippen LogP) is 4.92. The fourth-order valence-electron chi connectivity index (χ4n) is 3.18. The fourth-order valence-corrected chi connectivity index (χ4v) is 3.18.